The third kappa shape index (κ3) is 3.68. The Balaban J connectivity index is 1.59. The SMILES string of the molecule is COc1cc2nn([C@H]3CC[C@H](CO)CC3)cc2cc1NC(=O)c1cnccn1. The number of anilines is 1. The van der Waals surface area contributed by atoms with Crippen LogP contribution in [0.2, 0.25) is 0 Å². The highest BCUT2D eigenvalue weighted by atomic mass is 16.5. The summed E-state index contributed by atoms with van der Waals surface area (Å²) in [7, 11) is 1.56. The fourth-order valence-corrected chi connectivity index (χ4v) is 3.72. The zero-order valence-electron chi connectivity index (χ0n) is 15.7. The van der Waals surface area contributed by atoms with Crippen LogP contribution in [0.4, 0.5) is 5.69 Å². The molecule has 8 nitrogen and oxygen atoms in total. The van der Waals surface area contributed by atoms with E-state index in [4.69, 9.17) is 9.84 Å². The lowest BCUT2D eigenvalue weighted by atomic mass is 9.87. The lowest BCUT2D eigenvalue weighted by Gasteiger charge is -2.27. The van der Waals surface area contributed by atoms with E-state index in [0.29, 0.717) is 23.4 Å². The number of hydrogen-bond donors (Lipinski definition) is 2. The molecule has 0 atom stereocenters. The maximum Gasteiger partial charge on any atom is 0.275 e. The van der Waals surface area contributed by atoms with Crippen molar-refractivity contribution in [1.29, 1.82) is 0 Å². The molecule has 8 heteroatoms. The molecule has 1 fully saturated rings. The molecule has 146 valence electrons. The Morgan fingerprint density at radius 3 is 2.79 bits per heavy atom. The monoisotopic (exact) mass is 381 g/mol. The smallest absolute Gasteiger partial charge is 0.275 e. The van der Waals surface area contributed by atoms with Crippen molar-refractivity contribution in [2.75, 3.05) is 19.0 Å². The summed E-state index contributed by atoms with van der Waals surface area (Å²) in [5, 5.41) is 17.8. The third-order valence-electron chi connectivity index (χ3n) is 5.34. The molecule has 4 rings (SSSR count). The first-order chi connectivity index (χ1) is 13.7. The molecule has 1 aliphatic rings. The van der Waals surface area contributed by atoms with Crippen molar-refractivity contribution in [3.63, 3.8) is 0 Å². The van der Waals surface area contributed by atoms with Crippen molar-refractivity contribution < 1.29 is 14.6 Å². The van der Waals surface area contributed by atoms with Gasteiger partial charge in [0.25, 0.3) is 5.91 Å². The van der Waals surface area contributed by atoms with Crippen molar-refractivity contribution in [1.82, 2.24) is 19.7 Å². The molecule has 3 aromatic rings. The van der Waals surface area contributed by atoms with Gasteiger partial charge in [-0.2, -0.15) is 5.10 Å². The van der Waals surface area contributed by atoms with E-state index in [0.717, 1.165) is 36.6 Å². The first-order valence-electron chi connectivity index (χ1n) is 9.43. The van der Waals surface area contributed by atoms with Crippen molar-refractivity contribution in [3.8, 4) is 5.75 Å². The molecule has 0 bridgehead atoms. The maximum absolute atomic E-state index is 12.4. The van der Waals surface area contributed by atoms with Gasteiger partial charge in [-0.05, 0) is 37.7 Å². The minimum atomic E-state index is -0.347. The summed E-state index contributed by atoms with van der Waals surface area (Å²) in [6, 6.07) is 4.03. The number of nitrogens with zero attached hydrogens (tertiary/aromatic N) is 4. The summed E-state index contributed by atoms with van der Waals surface area (Å²) in [6.45, 7) is 0.264. The van der Waals surface area contributed by atoms with Crippen LogP contribution in [0.1, 0.15) is 42.2 Å². The van der Waals surface area contributed by atoms with Crippen LogP contribution in [0.5, 0.6) is 5.75 Å². The number of carbonyl (C=O) groups is 1. The van der Waals surface area contributed by atoms with E-state index in [-0.39, 0.29) is 18.2 Å². The maximum atomic E-state index is 12.4. The number of aromatic nitrogens is 4. The van der Waals surface area contributed by atoms with Gasteiger partial charge in [-0.25, -0.2) is 4.98 Å². The summed E-state index contributed by atoms with van der Waals surface area (Å²) in [6.07, 6.45) is 10.5. The number of methoxy groups -OCH3 is 1. The second kappa shape index (κ2) is 7.93. The van der Waals surface area contributed by atoms with E-state index in [1.54, 1.807) is 7.11 Å². The van der Waals surface area contributed by atoms with Gasteiger partial charge in [0.2, 0.25) is 0 Å². The summed E-state index contributed by atoms with van der Waals surface area (Å²) in [5.41, 5.74) is 1.62. The second-order valence-corrected chi connectivity index (χ2v) is 7.12. The number of hydrogen-bond acceptors (Lipinski definition) is 6. The summed E-state index contributed by atoms with van der Waals surface area (Å²) in [5.74, 6) is 0.601. The van der Waals surface area contributed by atoms with Gasteiger partial charge in [0.1, 0.15) is 11.4 Å². The van der Waals surface area contributed by atoms with E-state index < -0.39 is 0 Å². The lowest BCUT2D eigenvalue weighted by molar-refractivity contribution is 0.102. The standard InChI is InChI=1S/C20H23N5O3/c1-28-19-9-16-14(8-17(19)23-20(27)18-10-21-6-7-22-18)11-25(24-16)15-4-2-13(12-26)3-5-15/h6-11,13,15,26H,2-5,12H2,1H3,(H,23,27)/t13-,15-. The molecule has 0 unspecified atom stereocenters. The van der Waals surface area contributed by atoms with E-state index in [9.17, 15) is 9.90 Å². The van der Waals surface area contributed by atoms with Crippen molar-refractivity contribution in [3.05, 3.63) is 42.6 Å². The number of benzene rings is 1. The first-order valence-corrected chi connectivity index (χ1v) is 9.43. The van der Waals surface area contributed by atoms with Gasteiger partial charge in [0.05, 0.1) is 30.6 Å². The Morgan fingerprint density at radius 2 is 2.11 bits per heavy atom. The fraction of sp³-hybridized carbons (Fsp3) is 0.400. The van der Waals surface area contributed by atoms with Crippen LogP contribution in [0.3, 0.4) is 0 Å². The van der Waals surface area contributed by atoms with Crippen LogP contribution in [0, 0.1) is 5.92 Å². The highest BCUT2D eigenvalue weighted by Crippen LogP contribution is 2.34. The van der Waals surface area contributed by atoms with Gasteiger partial charge >= 0.3 is 0 Å². The van der Waals surface area contributed by atoms with Crippen LogP contribution in [-0.4, -0.2) is 44.5 Å². The highest BCUT2D eigenvalue weighted by Gasteiger charge is 2.23. The number of aliphatic hydroxyl groups excluding tert-OH is 1. The lowest BCUT2D eigenvalue weighted by Crippen LogP contribution is -2.20. The second-order valence-electron chi connectivity index (χ2n) is 7.12. The number of carbonyl (C=O) groups excluding carboxylic acids is 1. The van der Waals surface area contributed by atoms with E-state index in [1.165, 1.54) is 18.6 Å². The Kier molecular flexibility index (Phi) is 5.21. The molecular formula is C20H23N5O3. The van der Waals surface area contributed by atoms with Crippen LogP contribution in [0.25, 0.3) is 10.9 Å². The van der Waals surface area contributed by atoms with Crippen LogP contribution < -0.4 is 10.1 Å². The number of fused-ring (bicyclic) bond motifs is 1. The quantitative estimate of drug-likeness (QED) is 0.705. The predicted molar refractivity (Wildman–Crippen MR) is 104 cm³/mol. The van der Waals surface area contributed by atoms with Gasteiger partial charge in [0, 0.05) is 36.7 Å². The Labute approximate surface area is 162 Å². The molecular weight excluding hydrogens is 358 g/mol. The number of rotatable bonds is 5. The Hall–Kier alpha value is -3.00. The molecule has 1 aromatic carbocycles. The third-order valence-corrected chi connectivity index (χ3v) is 5.34. The molecule has 2 heterocycles. The molecule has 1 amide bonds. The van der Waals surface area contributed by atoms with Gasteiger partial charge < -0.3 is 15.2 Å². The average Bonchev–Trinajstić information content (AvgIpc) is 3.16. The minimum Gasteiger partial charge on any atom is -0.494 e. The van der Waals surface area contributed by atoms with E-state index in [1.807, 2.05) is 23.0 Å². The molecule has 2 N–H and O–H groups in total. The summed E-state index contributed by atoms with van der Waals surface area (Å²) < 4.78 is 7.45. The molecule has 1 saturated carbocycles. The zero-order valence-corrected chi connectivity index (χ0v) is 15.7. The number of amides is 1. The normalized spacial score (nSPS) is 19.5. The summed E-state index contributed by atoms with van der Waals surface area (Å²) in [4.78, 5) is 20.4. The minimum absolute atomic E-state index is 0.237. The van der Waals surface area contributed by atoms with Gasteiger partial charge in [-0.1, -0.05) is 0 Å². The van der Waals surface area contributed by atoms with Crippen molar-refractivity contribution in [2.45, 2.75) is 31.7 Å². The topological polar surface area (TPSA) is 102 Å². The van der Waals surface area contributed by atoms with E-state index in [2.05, 4.69) is 15.3 Å². The summed E-state index contributed by atoms with van der Waals surface area (Å²) >= 11 is 0. The van der Waals surface area contributed by atoms with Gasteiger partial charge in [-0.3, -0.25) is 14.5 Å². The number of ether oxygens (including phenoxy) is 1. The largest absolute Gasteiger partial charge is 0.494 e. The van der Waals surface area contributed by atoms with Crippen LogP contribution >= 0.6 is 0 Å². The van der Waals surface area contributed by atoms with E-state index >= 15 is 0 Å². The molecule has 0 spiro atoms. The number of aliphatic hydroxyl groups is 1. The average molecular weight is 381 g/mol. The van der Waals surface area contributed by atoms with Crippen molar-refractivity contribution >= 4 is 22.5 Å². The fourth-order valence-electron chi connectivity index (χ4n) is 3.72. The Bertz CT molecular complexity index is 965. The molecule has 1 aliphatic carbocycles. The van der Waals surface area contributed by atoms with Crippen LogP contribution in [0.15, 0.2) is 36.9 Å². The molecule has 0 saturated heterocycles. The molecule has 28 heavy (non-hydrogen) atoms. The first kappa shape index (κ1) is 18.4. The number of nitrogens with one attached hydrogen (secondary N) is 1. The predicted octanol–water partition coefficient (Wildman–Crippen LogP) is 2.81. The van der Waals surface area contributed by atoms with Crippen molar-refractivity contribution in [2.24, 2.45) is 5.92 Å². The molecule has 2 aromatic heterocycles. The Morgan fingerprint density at radius 1 is 1.29 bits per heavy atom. The molecule has 0 radical (unpaired) electrons. The highest BCUT2D eigenvalue weighted by molar-refractivity contribution is 6.04. The molecule has 0 aliphatic heterocycles. The van der Waals surface area contributed by atoms with Gasteiger partial charge in [0.15, 0.2) is 0 Å². The van der Waals surface area contributed by atoms with Gasteiger partial charge in [-0.15, -0.1) is 0 Å². The zero-order chi connectivity index (χ0) is 19.5. The van der Waals surface area contributed by atoms with Crippen LogP contribution in [-0.2, 0) is 0 Å².